The number of nitrogens with zero attached hydrogens (tertiary/aromatic N) is 1. The number of thiophene rings is 1. The number of aryl methyl sites for hydroxylation is 1. The highest BCUT2D eigenvalue weighted by molar-refractivity contribution is 7.10. The summed E-state index contributed by atoms with van der Waals surface area (Å²) < 4.78 is 0. The van der Waals surface area contributed by atoms with E-state index in [1.165, 1.54) is 31.5 Å². The quantitative estimate of drug-likeness (QED) is 0.740. The predicted octanol–water partition coefficient (Wildman–Crippen LogP) is 3.64. The van der Waals surface area contributed by atoms with E-state index in [0.717, 1.165) is 5.92 Å². The van der Waals surface area contributed by atoms with E-state index in [2.05, 4.69) is 37.1 Å². The van der Waals surface area contributed by atoms with Crippen molar-refractivity contribution in [1.82, 2.24) is 4.90 Å². The van der Waals surface area contributed by atoms with E-state index in [4.69, 9.17) is 0 Å². The molecule has 1 nitrogen and oxygen atoms in total. The normalized spacial score (nSPS) is 23.6. The Balaban J connectivity index is 2.04. The molecule has 2 heterocycles. The van der Waals surface area contributed by atoms with Crippen LogP contribution in [0.25, 0.3) is 0 Å². The third kappa shape index (κ3) is 2.61. The van der Waals surface area contributed by atoms with Crippen molar-refractivity contribution in [2.75, 3.05) is 13.1 Å². The van der Waals surface area contributed by atoms with Gasteiger partial charge >= 0.3 is 0 Å². The first-order chi connectivity index (χ1) is 7.16. The Morgan fingerprint density at radius 1 is 1.47 bits per heavy atom. The van der Waals surface area contributed by atoms with E-state index in [9.17, 15) is 0 Å². The van der Waals surface area contributed by atoms with E-state index >= 15 is 0 Å². The van der Waals surface area contributed by atoms with Crippen LogP contribution in [0.1, 0.15) is 43.0 Å². The molecule has 1 aliphatic rings. The van der Waals surface area contributed by atoms with Gasteiger partial charge in [0.15, 0.2) is 0 Å². The van der Waals surface area contributed by atoms with Gasteiger partial charge in [-0.2, -0.15) is 0 Å². The molecule has 0 amide bonds. The van der Waals surface area contributed by atoms with Crippen LogP contribution in [0.4, 0.5) is 0 Å². The van der Waals surface area contributed by atoms with E-state index in [1.54, 1.807) is 4.88 Å². The second-order valence-electron chi connectivity index (χ2n) is 4.95. The minimum atomic E-state index is 0.703. The highest BCUT2D eigenvalue weighted by Crippen LogP contribution is 2.31. The van der Waals surface area contributed by atoms with Gasteiger partial charge in [0.2, 0.25) is 0 Å². The standard InChI is InChI=1S/C13H21NS/c1-10(2)14-6-4-5-12(8-14)13-7-11(3)9-15-13/h7,9-10,12H,4-6,8H2,1-3H3. The Bertz CT molecular complexity index is 316. The first-order valence-corrected chi connectivity index (χ1v) is 6.84. The molecule has 1 aromatic heterocycles. The van der Waals surface area contributed by atoms with Gasteiger partial charge in [-0.05, 0) is 57.2 Å². The van der Waals surface area contributed by atoms with Gasteiger partial charge in [-0.3, -0.25) is 0 Å². The van der Waals surface area contributed by atoms with Crippen molar-refractivity contribution in [2.45, 2.75) is 45.6 Å². The molecule has 1 saturated heterocycles. The summed E-state index contributed by atoms with van der Waals surface area (Å²) in [6, 6.07) is 3.08. The van der Waals surface area contributed by atoms with Crippen LogP contribution >= 0.6 is 11.3 Å². The first kappa shape index (κ1) is 11.2. The van der Waals surface area contributed by atoms with Crippen molar-refractivity contribution in [1.29, 1.82) is 0 Å². The molecule has 2 heteroatoms. The maximum absolute atomic E-state index is 2.61. The van der Waals surface area contributed by atoms with E-state index < -0.39 is 0 Å². The van der Waals surface area contributed by atoms with Gasteiger partial charge in [-0.1, -0.05) is 0 Å². The number of rotatable bonds is 2. The van der Waals surface area contributed by atoms with Crippen LogP contribution in [0.2, 0.25) is 0 Å². The van der Waals surface area contributed by atoms with Crippen LogP contribution in [-0.2, 0) is 0 Å². The molecular formula is C13H21NS. The lowest BCUT2D eigenvalue weighted by Crippen LogP contribution is -2.38. The minimum Gasteiger partial charge on any atom is -0.300 e. The van der Waals surface area contributed by atoms with Gasteiger partial charge in [0.25, 0.3) is 0 Å². The van der Waals surface area contributed by atoms with Gasteiger partial charge in [-0.25, -0.2) is 0 Å². The SMILES string of the molecule is Cc1csc(C2CCCN(C(C)C)C2)c1. The molecule has 0 aliphatic carbocycles. The first-order valence-electron chi connectivity index (χ1n) is 5.96. The molecule has 1 unspecified atom stereocenters. The molecule has 1 atom stereocenters. The Labute approximate surface area is 97.1 Å². The summed E-state index contributed by atoms with van der Waals surface area (Å²) in [6.07, 6.45) is 2.74. The summed E-state index contributed by atoms with van der Waals surface area (Å²) in [5, 5.41) is 2.28. The van der Waals surface area contributed by atoms with Gasteiger partial charge in [0.1, 0.15) is 0 Å². The van der Waals surface area contributed by atoms with Crippen molar-refractivity contribution < 1.29 is 0 Å². The van der Waals surface area contributed by atoms with Crippen molar-refractivity contribution in [3.63, 3.8) is 0 Å². The number of piperidine rings is 1. The van der Waals surface area contributed by atoms with Crippen LogP contribution in [0.5, 0.6) is 0 Å². The zero-order valence-electron chi connectivity index (χ0n) is 9.99. The number of hydrogen-bond donors (Lipinski definition) is 0. The van der Waals surface area contributed by atoms with Crippen LogP contribution < -0.4 is 0 Å². The minimum absolute atomic E-state index is 0.703. The van der Waals surface area contributed by atoms with Crippen molar-refractivity contribution in [3.8, 4) is 0 Å². The lowest BCUT2D eigenvalue weighted by molar-refractivity contribution is 0.169. The average Bonchev–Trinajstić information content (AvgIpc) is 2.65. The average molecular weight is 223 g/mol. The molecule has 0 saturated carbocycles. The number of hydrogen-bond acceptors (Lipinski definition) is 2. The Morgan fingerprint density at radius 3 is 2.87 bits per heavy atom. The van der Waals surface area contributed by atoms with Gasteiger partial charge < -0.3 is 4.90 Å². The predicted molar refractivity (Wildman–Crippen MR) is 67.7 cm³/mol. The Morgan fingerprint density at radius 2 is 2.27 bits per heavy atom. The molecule has 0 aromatic carbocycles. The van der Waals surface area contributed by atoms with E-state index in [-0.39, 0.29) is 0 Å². The van der Waals surface area contributed by atoms with Gasteiger partial charge in [0, 0.05) is 23.4 Å². The van der Waals surface area contributed by atoms with Crippen molar-refractivity contribution in [2.24, 2.45) is 0 Å². The highest BCUT2D eigenvalue weighted by Gasteiger charge is 2.23. The highest BCUT2D eigenvalue weighted by atomic mass is 32.1. The zero-order chi connectivity index (χ0) is 10.8. The van der Waals surface area contributed by atoms with Crippen LogP contribution in [-0.4, -0.2) is 24.0 Å². The van der Waals surface area contributed by atoms with E-state index in [1.807, 2.05) is 11.3 Å². The third-order valence-electron chi connectivity index (χ3n) is 3.34. The summed E-state index contributed by atoms with van der Waals surface area (Å²) in [5.41, 5.74) is 1.43. The number of likely N-dealkylation sites (tertiary alicyclic amines) is 1. The van der Waals surface area contributed by atoms with Gasteiger partial charge in [0.05, 0.1) is 0 Å². The molecule has 2 rings (SSSR count). The summed E-state index contributed by atoms with van der Waals surface area (Å²) in [6.45, 7) is 9.36. The lowest BCUT2D eigenvalue weighted by Gasteiger charge is -2.35. The molecule has 0 bridgehead atoms. The Hall–Kier alpha value is -0.340. The lowest BCUT2D eigenvalue weighted by atomic mass is 9.95. The van der Waals surface area contributed by atoms with Crippen LogP contribution in [0, 0.1) is 6.92 Å². The van der Waals surface area contributed by atoms with Crippen LogP contribution in [0.3, 0.4) is 0 Å². The molecule has 0 spiro atoms. The second kappa shape index (κ2) is 4.67. The fraction of sp³-hybridized carbons (Fsp3) is 0.692. The molecule has 84 valence electrons. The van der Waals surface area contributed by atoms with Crippen molar-refractivity contribution in [3.05, 3.63) is 21.9 Å². The molecule has 15 heavy (non-hydrogen) atoms. The summed E-state index contributed by atoms with van der Waals surface area (Å²) in [5.74, 6) is 0.792. The molecular weight excluding hydrogens is 202 g/mol. The summed E-state index contributed by atoms with van der Waals surface area (Å²) in [4.78, 5) is 4.21. The van der Waals surface area contributed by atoms with Crippen LogP contribution in [0.15, 0.2) is 11.4 Å². The molecule has 0 N–H and O–H groups in total. The van der Waals surface area contributed by atoms with Gasteiger partial charge in [-0.15, -0.1) is 11.3 Å². The summed E-state index contributed by atoms with van der Waals surface area (Å²) in [7, 11) is 0. The Kier molecular flexibility index (Phi) is 3.47. The smallest absolute Gasteiger partial charge is 0.00916 e. The van der Waals surface area contributed by atoms with Crippen molar-refractivity contribution >= 4 is 11.3 Å². The maximum atomic E-state index is 2.61. The molecule has 1 fully saturated rings. The largest absolute Gasteiger partial charge is 0.300 e. The second-order valence-corrected chi connectivity index (χ2v) is 5.90. The fourth-order valence-electron chi connectivity index (χ4n) is 2.38. The molecule has 1 aliphatic heterocycles. The summed E-state index contributed by atoms with van der Waals surface area (Å²) >= 11 is 1.94. The van der Waals surface area contributed by atoms with E-state index in [0.29, 0.717) is 6.04 Å². The maximum Gasteiger partial charge on any atom is 0.00916 e. The third-order valence-corrected chi connectivity index (χ3v) is 4.55. The molecule has 1 aromatic rings. The zero-order valence-corrected chi connectivity index (χ0v) is 10.8. The topological polar surface area (TPSA) is 3.24 Å². The fourth-order valence-corrected chi connectivity index (χ4v) is 3.40. The monoisotopic (exact) mass is 223 g/mol. The molecule has 0 radical (unpaired) electrons.